The first-order valence-corrected chi connectivity index (χ1v) is 9.19. The summed E-state index contributed by atoms with van der Waals surface area (Å²) in [5.41, 5.74) is 4.78. The van der Waals surface area contributed by atoms with Gasteiger partial charge in [-0.15, -0.1) is 11.3 Å². The van der Waals surface area contributed by atoms with Crippen molar-refractivity contribution in [2.75, 3.05) is 6.61 Å². The minimum Gasteiger partial charge on any atom is -0.394 e. The first-order chi connectivity index (χ1) is 11.5. The van der Waals surface area contributed by atoms with E-state index in [-0.39, 0.29) is 6.61 Å². The highest BCUT2D eigenvalue weighted by Crippen LogP contribution is 2.34. The van der Waals surface area contributed by atoms with E-state index in [1.165, 1.54) is 26.1 Å². The average Bonchev–Trinajstić information content (AvgIpc) is 3.04. The molecular formula is C19H25N3OS. The Labute approximate surface area is 147 Å². The van der Waals surface area contributed by atoms with Gasteiger partial charge in [0.15, 0.2) is 0 Å². The number of hydrogen-bond donors (Lipinski definition) is 2. The van der Waals surface area contributed by atoms with Gasteiger partial charge in [-0.25, -0.2) is 0 Å². The summed E-state index contributed by atoms with van der Waals surface area (Å²) in [7, 11) is 0. The van der Waals surface area contributed by atoms with Gasteiger partial charge in [-0.05, 0) is 44.7 Å². The molecule has 1 unspecified atom stereocenters. The second-order valence-electron chi connectivity index (χ2n) is 6.29. The molecule has 0 saturated carbocycles. The second-order valence-corrected chi connectivity index (χ2v) is 7.37. The molecule has 24 heavy (non-hydrogen) atoms. The van der Waals surface area contributed by atoms with Crippen molar-refractivity contribution < 1.29 is 5.11 Å². The fourth-order valence-electron chi connectivity index (χ4n) is 3.26. The average molecular weight is 343 g/mol. The van der Waals surface area contributed by atoms with Crippen molar-refractivity contribution >= 4 is 21.4 Å². The molecule has 2 heterocycles. The van der Waals surface area contributed by atoms with Gasteiger partial charge in [0.25, 0.3) is 0 Å². The monoisotopic (exact) mass is 343 g/mol. The summed E-state index contributed by atoms with van der Waals surface area (Å²) < 4.78 is 3.24. The normalized spacial score (nSPS) is 12.9. The van der Waals surface area contributed by atoms with Crippen LogP contribution in [0.1, 0.15) is 40.4 Å². The number of rotatable bonds is 6. The maximum Gasteiger partial charge on any atom is 0.0644 e. The maximum atomic E-state index is 9.14. The van der Waals surface area contributed by atoms with Crippen LogP contribution in [0.25, 0.3) is 10.1 Å². The zero-order valence-corrected chi connectivity index (χ0v) is 15.6. The largest absolute Gasteiger partial charge is 0.394 e. The molecule has 2 N–H and O–H groups in total. The van der Waals surface area contributed by atoms with Gasteiger partial charge in [-0.1, -0.05) is 18.2 Å². The van der Waals surface area contributed by atoms with Gasteiger partial charge in [0.1, 0.15) is 0 Å². The molecule has 0 bridgehead atoms. The van der Waals surface area contributed by atoms with Crippen molar-refractivity contribution in [3.63, 3.8) is 0 Å². The molecule has 1 aromatic carbocycles. The Morgan fingerprint density at radius 2 is 2.00 bits per heavy atom. The van der Waals surface area contributed by atoms with Crippen LogP contribution in [0.2, 0.25) is 0 Å². The van der Waals surface area contributed by atoms with Gasteiger partial charge in [0, 0.05) is 33.4 Å². The maximum absolute atomic E-state index is 9.14. The van der Waals surface area contributed by atoms with Crippen LogP contribution in [0.4, 0.5) is 0 Å². The van der Waals surface area contributed by atoms with Gasteiger partial charge in [-0.3, -0.25) is 4.68 Å². The van der Waals surface area contributed by atoms with Crippen molar-refractivity contribution in [3.8, 4) is 0 Å². The van der Waals surface area contributed by atoms with Gasteiger partial charge in [-0.2, -0.15) is 5.10 Å². The quantitative estimate of drug-likeness (QED) is 0.714. The van der Waals surface area contributed by atoms with Crippen LogP contribution >= 0.6 is 11.3 Å². The molecule has 1 atom stereocenters. The van der Waals surface area contributed by atoms with Crippen LogP contribution in [0.5, 0.6) is 0 Å². The molecule has 2 aromatic heterocycles. The molecule has 4 nitrogen and oxygen atoms in total. The minimum absolute atomic E-state index is 0.117. The van der Waals surface area contributed by atoms with Gasteiger partial charge >= 0.3 is 0 Å². The third-order valence-corrected chi connectivity index (χ3v) is 6.16. The molecule has 0 aliphatic heterocycles. The van der Waals surface area contributed by atoms with Crippen LogP contribution in [0, 0.1) is 20.8 Å². The van der Waals surface area contributed by atoms with E-state index in [4.69, 9.17) is 5.11 Å². The smallest absolute Gasteiger partial charge is 0.0644 e. The number of nitrogens with one attached hydrogen (secondary N) is 1. The molecule has 128 valence electrons. The van der Waals surface area contributed by atoms with Crippen LogP contribution < -0.4 is 5.32 Å². The first-order valence-electron chi connectivity index (χ1n) is 8.38. The highest BCUT2D eigenvalue weighted by molar-refractivity contribution is 7.19. The molecule has 0 spiro atoms. The number of thiophene rings is 1. The lowest BCUT2D eigenvalue weighted by molar-refractivity contribution is 0.267. The SMILES string of the molecule is Cc1nn(CCO)c(C)c1CNC(C)c1sc2ccccc2c1C. The number of fused-ring (bicyclic) bond motifs is 1. The lowest BCUT2D eigenvalue weighted by Crippen LogP contribution is -2.18. The van der Waals surface area contributed by atoms with Crippen LogP contribution in [-0.4, -0.2) is 21.5 Å². The third-order valence-electron chi connectivity index (χ3n) is 4.70. The highest BCUT2D eigenvalue weighted by atomic mass is 32.1. The molecule has 5 heteroatoms. The number of hydrogen-bond acceptors (Lipinski definition) is 4. The fourth-order valence-corrected chi connectivity index (χ4v) is 4.49. The summed E-state index contributed by atoms with van der Waals surface area (Å²) in [6, 6.07) is 8.89. The zero-order valence-electron chi connectivity index (χ0n) is 14.8. The standard InChI is InChI=1S/C19H25N3OS/c1-12-16-7-5-6-8-18(16)24-19(12)14(3)20-11-17-13(2)21-22(9-10-23)15(17)4/h5-8,14,20,23H,9-11H2,1-4H3. The van der Waals surface area contributed by atoms with E-state index in [1.807, 2.05) is 22.9 Å². The van der Waals surface area contributed by atoms with E-state index in [9.17, 15) is 0 Å². The Bertz CT molecular complexity index is 850. The molecule has 3 aromatic rings. The third kappa shape index (κ3) is 3.11. The lowest BCUT2D eigenvalue weighted by Gasteiger charge is -2.14. The van der Waals surface area contributed by atoms with E-state index in [0.29, 0.717) is 12.6 Å². The van der Waals surface area contributed by atoms with E-state index in [2.05, 4.69) is 55.5 Å². The predicted octanol–water partition coefficient (Wildman–Crippen LogP) is 3.87. The molecule has 0 saturated heterocycles. The van der Waals surface area contributed by atoms with Crippen molar-refractivity contribution in [2.24, 2.45) is 0 Å². The Morgan fingerprint density at radius 3 is 2.71 bits per heavy atom. The van der Waals surface area contributed by atoms with E-state index in [1.54, 1.807) is 0 Å². The molecule has 0 aliphatic carbocycles. The van der Waals surface area contributed by atoms with Crippen molar-refractivity contribution in [1.29, 1.82) is 0 Å². The van der Waals surface area contributed by atoms with Crippen molar-refractivity contribution in [1.82, 2.24) is 15.1 Å². The van der Waals surface area contributed by atoms with Gasteiger partial charge < -0.3 is 10.4 Å². The molecular weight excluding hydrogens is 318 g/mol. The van der Waals surface area contributed by atoms with Gasteiger partial charge in [0.05, 0.1) is 18.8 Å². The van der Waals surface area contributed by atoms with E-state index < -0.39 is 0 Å². The summed E-state index contributed by atoms with van der Waals surface area (Å²) in [4.78, 5) is 1.40. The minimum atomic E-state index is 0.117. The highest BCUT2D eigenvalue weighted by Gasteiger charge is 2.16. The summed E-state index contributed by atoms with van der Waals surface area (Å²) in [6.07, 6.45) is 0. The number of aromatic nitrogens is 2. The van der Waals surface area contributed by atoms with E-state index in [0.717, 1.165) is 17.9 Å². The molecule has 0 aliphatic rings. The summed E-state index contributed by atoms with van der Waals surface area (Å²) in [6.45, 7) is 10.00. The topological polar surface area (TPSA) is 50.1 Å². The van der Waals surface area contributed by atoms with Crippen LogP contribution in [-0.2, 0) is 13.1 Å². The molecule has 3 rings (SSSR count). The fraction of sp³-hybridized carbons (Fsp3) is 0.421. The Hall–Kier alpha value is -1.69. The van der Waals surface area contributed by atoms with Crippen molar-refractivity contribution in [3.05, 3.63) is 51.7 Å². The molecule has 0 amide bonds. The summed E-state index contributed by atoms with van der Waals surface area (Å²) in [5, 5.41) is 18.7. The summed E-state index contributed by atoms with van der Waals surface area (Å²) in [5.74, 6) is 0. The predicted molar refractivity (Wildman–Crippen MR) is 101 cm³/mol. The lowest BCUT2D eigenvalue weighted by atomic mass is 10.1. The van der Waals surface area contributed by atoms with Crippen LogP contribution in [0.3, 0.4) is 0 Å². The zero-order chi connectivity index (χ0) is 17.3. The number of aliphatic hydroxyl groups excluding tert-OH is 1. The summed E-state index contributed by atoms with van der Waals surface area (Å²) >= 11 is 1.87. The number of nitrogens with zero attached hydrogens (tertiary/aromatic N) is 2. The first kappa shape index (κ1) is 17.1. The Balaban J connectivity index is 1.78. The van der Waals surface area contributed by atoms with E-state index >= 15 is 0 Å². The Kier molecular flexibility index (Phi) is 5.04. The Morgan fingerprint density at radius 1 is 1.25 bits per heavy atom. The second kappa shape index (κ2) is 7.05. The number of benzene rings is 1. The van der Waals surface area contributed by atoms with Crippen molar-refractivity contribution in [2.45, 2.75) is 46.8 Å². The van der Waals surface area contributed by atoms with Crippen LogP contribution in [0.15, 0.2) is 24.3 Å². The number of aryl methyl sites for hydroxylation is 2. The number of aliphatic hydroxyl groups is 1. The molecule has 0 radical (unpaired) electrons. The van der Waals surface area contributed by atoms with Gasteiger partial charge in [0.2, 0.25) is 0 Å². The molecule has 0 fully saturated rings.